The van der Waals surface area contributed by atoms with E-state index in [-0.39, 0.29) is 12.2 Å². The molecule has 0 saturated heterocycles. The fourth-order valence-electron chi connectivity index (χ4n) is 1.00. The van der Waals surface area contributed by atoms with Gasteiger partial charge in [-0.25, -0.2) is 4.79 Å². The van der Waals surface area contributed by atoms with Crippen LogP contribution in [0.5, 0.6) is 17.2 Å². The molecule has 0 saturated carbocycles. The van der Waals surface area contributed by atoms with Crippen LogP contribution in [0, 0.1) is 0 Å². The van der Waals surface area contributed by atoms with Gasteiger partial charge in [-0.3, -0.25) is 4.79 Å². The third-order valence-corrected chi connectivity index (χ3v) is 2.03. The van der Waals surface area contributed by atoms with Gasteiger partial charge in [-0.2, -0.15) is 0 Å². The molecule has 0 radical (unpaired) electrons. The predicted molar refractivity (Wildman–Crippen MR) is 84.7 cm³/mol. The number of carbonyl (C=O) groups excluding carboxylic acids is 1. The number of carboxylic acids is 1. The number of carboxylic acid groups (broad SMARTS) is 1. The highest BCUT2D eigenvalue weighted by atomic mass is 16.5. The highest BCUT2D eigenvalue weighted by Crippen LogP contribution is 2.35. The van der Waals surface area contributed by atoms with E-state index in [1.807, 2.05) is 6.92 Å². The summed E-state index contributed by atoms with van der Waals surface area (Å²) < 4.78 is 4.78. The minimum atomic E-state index is -0.833. The summed E-state index contributed by atoms with van der Waals surface area (Å²) in [5.41, 5.74) is 5.02. The number of carbonyl (C=O) groups is 2. The average molecular weight is 331 g/mol. The van der Waals surface area contributed by atoms with Crippen LogP contribution >= 0.6 is 0 Å². The van der Waals surface area contributed by atoms with Gasteiger partial charge in [0, 0.05) is 6.92 Å². The lowest BCUT2D eigenvalue weighted by Crippen LogP contribution is -2.05. The Morgan fingerprint density at radius 2 is 1.48 bits per heavy atom. The molecule has 23 heavy (non-hydrogen) atoms. The Balaban J connectivity index is 0. The van der Waals surface area contributed by atoms with Crippen molar-refractivity contribution in [3.63, 3.8) is 0 Å². The fraction of sp³-hybridized carbons (Fsp3) is 0.467. The zero-order chi connectivity index (χ0) is 18.4. The second kappa shape index (κ2) is 13.2. The third kappa shape index (κ3) is 11.8. The van der Waals surface area contributed by atoms with Gasteiger partial charge in [-0.15, -0.1) is 0 Å². The quantitative estimate of drug-likeness (QED) is 0.414. The topological polar surface area (TPSA) is 150 Å². The van der Waals surface area contributed by atoms with E-state index in [9.17, 15) is 4.79 Å². The number of esters is 1. The summed E-state index contributed by atoms with van der Waals surface area (Å²) in [6.45, 7) is 6.07. The van der Waals surface area contributed by atoms with Crippen molar-refractivity contribution in [1.29, 1.82) is 0 Å². The molecule has 0 atom stereocenters. The van der Waals surface area contributed by atoms with E-state index in [0.29, 0.717) is 6.42 Å². The van der Waals surface area contributed by atoms with Crippen LogP contribution in [-0.4, -0.2) is 45.5 Å². The predicted octanol–water partition coefficient (Wildman–Crippen LogP) is 1.82. The fourth-order valence-corrected chi connectivity index (χ4v) is 1.00. The lowest BCUT2D eigenvalue weighted by molar-refractivity contribution is -0.134. The molecule has 0 aliphatic rings. The molecule has 1 rings (SSSR count). The first-order valence-electron chi connectivity index (χ1n) is 7.02. The van der Waals surface area contributed by atoms with E-state index in [2.05, 4.69) is 6.92 Å². The Morgan fingerprint density at radius 1 is 1.09 bits per heavy atom. The Hall–Kier alpha value is -2.48. The molecule has 1 aromatic carbocycles. The van der Waals surface area contributed by atoms with Crippen LogP contribution < -0.4 is 5.73 Å². The second-order valence-electron chi connectivity index (χ2n) is 4.31. The lowest BCUT2D eigenvalue weighted by atomic mass is 10.2. The Labute approximate surface area is 135 Å². The first-order valence-corrected chi connectivity index (χ1v) is 7.02. The standard InChI is InChI=1S/C10H12O5.C3H9N.C2H4O2/c1-2-3-15-10(14)6-4-7(11)9(13)8(12)5-6;1-2-3-4;1-2(3)4/h4-5,11-13H,2-3H2,1H3;2-4H2,1H3;1H3,(H,3,4). The van der Waals surface area contributed by atoms with Crippen molar-refractivity contribution in [2.24, 2.45) is 5.73 Å². The van der Waals surface area contributed by atoms with E-state index < -0.39 is 29.2 Å². The summed E-state index contributed by atoms with van der Waals surface area (Å²) in [7, 11) is 0. The van der Waals surface area contributed by atoms with E-state index >= 15 is 0 Å². The van der Waals surface area contributed by atoms with Crippen molar-refractivity contribution in [2.75, 3.05) is 13.2 Å². The maximum Gasteiger partial charge on any atom is 0.338 e. The monoisotopic (exact) mass is 331 g/mol. The molecule has 1 aromatic rings. The van der Waals surface area contributed by atoms with Crippen molar-refractivity contribution in [1.82, 2.24) is 0 Å². The zero-order valence-electron chi connectivity index (χ0n) is 13.6. The second-order valence-corrected chi connectivity index (χ2v) is 4.31. The van der Waals surface area contributed by atoms with Crippen molar-refractivity contribution in [3.05, 3.63) is 17.7 Å². The third-order valence-electron chi connectivity index (χ3n) is 2.03. The summed E-state index contributed by atoms with van der Waals surface area (Å²) in [5.74, 6) is -3.25. The van der Waals surface area contributed by atoms with Crippen LogP contribution in [0.4, 0.5) is 0 Å². The number of phenols is 3. The molecule has 0 amide bonds. The van der Waals surface area contributed by atoms with Gasteiger partial charge in [0.05, 0.1) is 12.2 Å². The first kappa shape index (κ1) is 22.8. The van der Waals surface area contributed by atoms with Crippen LogP contribution in [0.1, 0.15) is 44.0 Å². The molecule has 132 valence electrons. The maximum absolute atomic E-state index is 11.3. The molecule has 6 N–H and O–H groups in total. The van der Waals surface area contributed by atoms with Crippen molar-refractivity contribution in [3.8, 4) is 17.2 Å². The smallest absolute Gasteiger partial charge is 0.338 e. The Morgan fingerprint density at radius 3 is 1.78 bits per heavy atom. The molecular formula is C15H25NO7. The number of phenolic OH excluding ortho intramolecular Hbond substituents is 3. The van der Waals surface area contributed by atoms with Gasteiger partial charge in [-0.1, -0.05) is 13.8 Å². The van der Waals surface area contributed by atoms with E-state index in [1.165, 1.54) is 0 Å². The number of ether oxygens (including phenoxy) is 1. The lowest BCUT2D eigenvalue weighted by Gasteiger charge is -2.05. The summed E-state index contributed by atoms with van der Waals surface area (Å²) in [5, 5.41) is 34.7. The van der Waals surface area contributed by atoms with Gasteiger partial charge in [0.15, 0.2) is 17.2 Å². The maximum atomic E-state index is 11.3. The van der Waals surface area contributed by atoms with E-state index in [1.54, 1.807) is 0 Å². The number of hydrogen-bond acceptors (Lipinski definition) is 7. The Bertz CT molecular complexity index is 460. The number of benzene rings is 1. The van der Waals surface area contributed by atoms with Gasteiger partial charge < -0.3 is 30.9 Å². The molecule has 8 nitrogen and oxygen atoms in total. The Kier molecular flexibility index (Phi) is 13.1. The summed E-state index contributed by atoms with van der Waals surface area (Å²) in [4.78, 5) is 20.3. The molecule has 0 spiro atoms. The van der Waals surface area contributed by atoms with Crippen molar-refractivity contribution >= 4 is 11.9 Å². The van der Waals surface area contributed by atoms with Gasteiger partial charge in [-0.05, 0) is 31.5 Å². The summed E-state index contributed by atoms with van der Waals surface area (Å²) >= 11 is 0. The van der Waals surface area contributed by atoms with Gasteiger partial charge in [0.2, 0.25) is 0 Å². The molecule has 0 heterocycles. The summed E-state index contributed by atoms with van der Waals surface area (Å²) in [6.07, 6.45) is 1.78. The number of aliphatic carboxylic acids is 1. The average Bonchev–Trinajstić information content (AvgIpc) is 2.49. The van der Waals surface area contributed by atoms with Crippen LogP contribution in [-0.2, 0) is 9.53 Å². The number of rotatable bonds is 4. The van der Waals surface area contributed by atoms with Gasteiger partial charge in [0.25, 0.3) is 5.97 Å². The molecule has 0 aromatic heterocycles. The largest absolute Gasteiger partial charge is 0.504 e. The molecule has 8 heteroatoms. The van der Waals surface area contributed by atoms with Crippen molar-refractivity contribution in [2.45, 2.75) is 33.6 Å². The number of hydrogen-bond donors (Lipinski definition) is 5. The highest BCUT2D eigenvalue weighted by molar-refractivity contribution is 5.91. The van der Waals surface area contributed by atoms with Gasteiger partial charge in [0.1, 0.15) is 0 Å². The van der Waals surface area contributed by atoms with Crippen molar-refractivity contribution < 1.29 is 34.8 Å². The van der Waals surface area contributed by atoms with E-state index in [0.717, 1.165) is 32.0 Å². The molecule has 0 fully saturated rings. The van der Waals surface area contributed by atoms with Crippen LogP contribution in [0.2, 0.25) is 0 Å². The molecular weight excluding hydrogens is 306 g/mol. The first-order chi connectivity index (χ1) is 10.7. The SMILES string of the molecule is CC(=O)O.CCCN.CCCOC(=O)c1cc(O)c(O)c(O)c1. The normalized spacial score (nSPS) is 8.87. The number of nitrogens with two attached hydrogens (primary N) is 1. The van der Waals surface area contributed by atoms with E-state index in [4.69, 9.17) is 35.7 Å². The molecule has 0 aliphatic carbocycles. The molecule has 0 aliphatic heterocycles. The van der Waals surface area contributed by atoms with Crippen LogP contribution in [0.15, 0.2) is 12.1 Å². The molecule has 0 bridgehead atoms. The zero-order valence-corrected chi connectivity index (χ0v) is 13.6. The highest BCUT2D eigenvalue weighted by Gasteiger charge is 2.13. The molecule has 0 unspecified atom stereocenters. The van der Waals surface area contributed by atoms with Gasteiger partial charge >= 0.3 is 5.97 Å². The van der Waals surface area contributed by atoms with Crippen LogP contribution in [0.3, 0.4) is 0 Å². The minimum Gasteiger partial charge on any atom is -0.504 e. The number of aromatic hydroxyl groups is 3. The minimum absolute atomic E-state index is 0.00347. The summed E-state index contributed by atoms with van der Waals surface area (Å²) in [6, 6.07) is 2.07. The van der Waals surface area contributed by atoms with Crippen LogP contribution in [0.25, 0.3) is 0 Å².